The maximum absolute atomic E-state index is 4.80. The second-order valence-corrected chi connectivity index (χ2v) is 2.29. The Morgan fingerprint density at radius 3 is 1.88 bits per heavy atom. The highest BCUT2D eigenvalue weighted by Crippen LogP contribution is 1.93. The molecule has 0 bridgehead atoms. The van der Waals surface area contributed by atoms with Gasteiger partial charge in [0.25, 0.3) is 0 Å². The molecular weight excluding hydrogens is 124 g/mol. The van der Waals surface area contributed by atoms with Crippen molar-refractivity contribution in [3.8, 4) is 0 Å². The predicted molar refractivity (Wildman–Crippen MR) is 36.5 cm³/mol. The number of ether oxygens (including phenoxy) is 2. The third-order valence-corrected chi connectivity index (χ3v) is 1.02. The Bertz CT molecular complexity index is 43.7. The summed E-state index contributed by atoms with van der Waals surface area (Å²) in [6.07, 6.45) is 0. The lowest BCUT2D eigenvalue weighted by molar-refractivity contribution is 0.145. The number of methoxy groups -OCH3 is 2. The minimum absolute atomic E-state index is 0.213. The van der Waals surface area contributed by atoms with E-state index in [9.17, 15) is 0 Å². The fourth-order valence-electron chi connectivity index (χ4n) is 0.433. The van der Waals surface area contributed by atoms with Crippen molar-refractivity contribution in [1.29, 1.82) is 0 Å². The van der Waals surface area contributed by atoms with Crippen LogP contribution in [0.5, 0.6) is 0 Å². The first kappa shape index (κ1) is 8.27. The molecule has 50 valence electrons. The second-order valence-electron chi connectivity index (χ2n) is 1.56. The molecule has 0 aliphatic rings. The lowest BCUT2D eigenvalue weighted by Gasteiger charge is -2.05. The smallest absolute Gasteiger partial charge is 0.0601 e. The monoisotopic (exact) mass is 136 g/mol. The Labute approximate surface area is 55.6 Å². The van der Waals surface area contributed by atoms with Gasteiger partial charge in [-0.05, 0) is 0 Å². The van der Waals surface area contributed by atoms with Crippen molar-refractivity contribution in [2.24, 2.45) is 0 Å². The van der Waals surface area contributed by atoms with Crippen LogP contribution < -0.4 is 0 Å². The van der Waals surface area contributed by atoms with Crippen LogP contribution in [0.15, 0.2) is 0 Å². The van der Waals surface area contributed by atoms with Gasteiger partial charge in [-0.15, -0.1) is 0 Å². The van der Waals surface area contributed by atoms with Crippen LogP contribution in [0.2, 0.25) is 0 Å². The van der Waals surface area contributed by atoms with E-state index in [0.717, 1.165) is 0 Å². The van der Waals surface area contributed by atoms with Crippen LogP contribution in [0, 0.1) is 0 Å². The third kappa shape index (κ3) is 4.43. The van der Waals surface area contributed by atoms with Gasteiger partial charge >= 0.3 is 0 Å². The van der Waals surface area contributed by atoms with Crippen molar-refractivity contribution < 1.29 is 9.47 Å². The van der Waals surface area contributed by atoms with E-state index >= 15 is 0 Å². The Morgan fingerprint density at radius 1 is 1.25 bits per heavy atom. The van der Waals surface area contributed by atoms with Crippen LogP contribution >= 0.6 is 12.6 Å². The lowest BCUT2D eigenvalue weighted by atomic mass is 10.5. The van der Waals surface area contributed by atoms with Gasteiger partial charge in [0, 0.05) is 19.5 Å². The first-order valence-electron chi connectivity index (χ1n) is 2.47. The zero-order chi connectivity index (χ0) is 6.41. The highest BCUT2D eigenvalue weighted by Gasteiger charge is 1.98. The van der Waals surface area contributed by atoms with E-state index in [-0.39, 0.29) is 5.25 Å². The molecule has 0 saturated carbocycles. The van der Waals surface area contributed by atoms with Gasteiger partial charge in [0.15, 0.2) is 0 Å². The van der Waals surface area contributed by atoms with Crippen LogP contribution in [0.1, 0.15) is 0 Å². The highest BCUT2D eigenvalue weighted by molar-refractivity contribution is 7.81. The van der Waals surface area contributed by atoms with Gasteiger partial charge < -0.3 is 9.47 Å². The quantitative estimate of drug-likeness (QED) is 0.570. The molecule has 0 rings (SSSR count). The molecular formula is C5H12O2S. The van der Waals surface area contributed by atoms with Gasteiger partial charge in [-0.25, -0.2) is 0 Å². The standard InChI is InChI=1S/C5H12O2S/c1-6-3-5(8)4-7-2/h5,8H,3-4H2,1-2H3. The molecule has 8 heavy (non-hydrogen) atoms. The van der Waals surface area contributed by atoms with Crippen LogP contribution in [-0.2, 0) is 9.47 Å². The summed E-state index contributed by atoms with van der Waals surface area (Å²) >= 11 is 4.14. The molecule has 3 heteroatoms. The summed E-state index contributed by atoms with van der Waals surface area (Å²) in [5.41, 5.74) is 0. The minimum atomic E-state index is 0.213. The summed E-state index contributed by atoms with van der Waals surface area (Å²) < 4.78 is 9.60. The average Bonchev–Trinajstić information content (AvgIpc) is 1.68. The lowest BCUT2D eigenvalue weighted by Crippen LogP contribution is -2.13. The van der Waals surface area contributed by atoms with Gasteiger partial charge in [-0.1, -0.05) is 0 Å². The summed E-state index contributed by atoms with van der Waals surface area (Å²) in [4.78, 5) is 0. The third-order valence-electron chi connectivity index (χ3n) is 0.718. The number of hydrogen-bond acceptors (Lipinski definition) is 3. The van der Waals surface area contributed by atoms with Crippen molar-refractivity contribution in [1.82, 2.24) is 0 Å². The summed E-state index contributed by atoms with van der Waals surface area (Å²) in [5.74, 6) is 0. The molecule has 0 spiro atoms. The Balaban J connectivity index is 2.92. The number of rotatable bonds is 4. The molecule has 0 radical (unpaired) electrons. The highest BCUT2D eigenvalue weighted by atomic mass is 32.1. The molecule has 0 N–H and O–H groups in total. The van der Waals surface area contributed by atoms with Crippen molar-refractivity contribution >= 4 is 12.6 Å². The van der Waals surface area contributed by atoms with Gasteiger partial charge in [0.2, 0.25) is 0 Å². The van der Waals surface area contributed by atoms with Crippen molar-refractivity contribution in [2.45, 2.75) is 5.25 Å². The maximum atomic E-state index is 4.80. The fourth-order valence-corrected chi connectivity index (χ4v) is 0.731. The SMILES string of the molecule is COCC(S)COC. The largest absolute Gasteiger partial charge is 0.383 e. The Morgan fingerprint density at radius 2 is 1.62 bits per heavy atom. The average molecular weight is 136 g/mol. The van der Waals surface area contributed by atoms with Gasteiger partial charge in [-0.2, -0.15) is 12.6 Å². The molecule has 0 saturated heterocycles. The summed E-state index contributed by atoms with van der Waals surface area (Å²) in [6, 6.07) is 0. The topological polar surface area (TPSA) is 18.5 Å². The van der Waals surface area contributed by atoms with Crippen LogP contribution in [0.25, 0.3) is 0 Å². The van der Waals surface area contributed by atoms with Gasteiger partial charge in [0.1, 0.15) is 0 Å². The van der Waals surface area contributed by atoms with Crippen LogP contribution in [0.3, 0.4) is 0 Å². The first-order valence-corrected chi connectivity index (χ1v) is 2.98. The fraction of sp³-hybridized carbons (Fsp3) is 1.00. The summed E-state index contributed by atoms with van der Waals surface area (Å²) in [5, 5.41) is 0.213. The molecule has 0 aliphatic carbocycles. The molecule has 0 aromatic rings. The van der Waals surface area contributed by atoms with Gasteiger partial charge in [0.05, 0.1) is 13.2 Å². The van der Waals surface area contributed by atoms with E-state index < -0.39 is 0 Å². The van der Waals surface area contributed by atoms with Crippen LogP contribution in [0.4, 0.5) is 0 Å². The Hall–Kier alpha value is 0.270. The van der Waals surface area contributed by atoms with E-state index in [4.69, 9.17) is 9.47 Å². The molecule has 0 heterocycles. The summed E-state index contributed by atoms with van der Waals surface area (Å²) in [6.45, 7) is 1.30. The first-order chi connectivity index (χ1) is 3.81. The molecule has 0 unspecified atom stereocenters. The summed E-state index contributed by atoms with van der Waals surface area (Å²) in [7, 11) is 3.30. The normalized spacial score (nSPS) is 10.5. The van der Waals surface area contributed by atoms with E-state index in [2.05, 4.69) is 12.6 Å². The zero-order valence-corrected chi connectivity index (χ0v) is 6.15. The second kappa shape index (κ2) is 5.41. The van der Waals surface area contributed by atoms with E-state index in [0.29, 0.717) is 13.2 Å². The van der Waals surface area contributed by atoms with E-state index in [1.165, 1.54) is 0 Å². The van der Waals surface area contributed by atoms with Crippen molar-refractivity contribution in [2.75, 3.05) is 27.4 Å². The molecule has 0 aliphatic heterocycles. The number of thiol groups is 1. The minimum Gasteiger partial charge on any atom is -0.383 e. The van der Waals surface area contributed by atoms with Crippen molar-refractivity contribution in [3.05, 3.63) is 0 Å². The molecule has 0 fully saturated rings. The number of hydrogen-bond donors (Lipinski definition) is 1. The molecule has 2 nitrogen and oxygen atoms in total. The van der Waals surface area contributed by atoms with E-state index in [1.54, 1.807) is 14.2 Å². The van der Waals surface area contributed by atoms with E-state index in [1.807, 2.05) is 0 Å². The van der Waals surface area contributed by atoms with Crippen molar-refractivity contribution in [3.63, 3.8) is 0 Å². The molecule has 0 aromatic heterocycles. The molecule has 0 atom stereocenters. The van der Waals surface area contributed by atoms with Gasteiger partial charge in [-0.3, -0.25) is 0 Å². The zero-order valence-electron chi connectivity index (χ0n) is 5.26. The molecule has 0 amide bonds. The maximum Gasteiger partial charge on any atom is 0.0601 e. The van der Waals surface area contributed by atoms with Crippen LogP contribution in [-0.4, -0.2) is 32.7 Å². The molecule has 0 aromatic carbocycles. The predicted octanol–water partition coefficient (Wildman–Crippen LogP) is 0.578. The Kier molecular flexibility index (Phi) is 5.59.